The molecule has 0 amide bonds. The fraction of sp³-hybridized carbons (Fsp3) is 0. The topological polar surface area (TPSA) is 77.8 Å². The number of benzene rings is 6. The first-order valence-corrected chi connectivity index (χ1v) is 16.1. The maximum Gasteiger partial charge on any atom is 0.231 e. The fourth-order valence-corrected chi connectivity index (χ4v) is 7.62. The van der Waals surface area contributed by atoms with Crippen molar-refractivity contribution in [1.29, 1.82) is 0 Å². The Hall–Kier alpha value is -6.18. The summed E-state index contributed by atoms with van der Waals surface area (Å²) in [6.45, 7) is 0. The molecule has 0 saturated carbocycles. The smallest absolute Gasteiger partial charge is 0.231 e. The lowest BCUT2D eigenvalue weighted by atomic mass is 10.0. The van der Waals surface area contributed by atoms with Gasteiger partial charge in [-0.1, -0.05) is 97.1 Å². The Bertz CT molecular complexity index is 2780. The van der Waals surface area contributed by atoms with Crippen molar-refractivity contribution in [3.8, 4) is 45.6 Å². The molecule has 0 spiro atoms. The molecule has 220 valence electrons. The Labute approximate surface area is 271 Å². The maximum absolute atomic E-state index is 6.55. The third kappa shape index (κ3) is 4.10. The van der Waals surface area contributed by atoms with Crippen LogP contribution in [-0.2, 0) is 0 Å². The number of thiophene rings is 1. The molecule has 47 heavy (non-hydrogen) atoms. The molecule has 0 bridgehead atoms. The lowest BCUT2D eigenvalue weighted by Gasteiger charge is -2.10. The van der Waals surface area contributed by atoms with E-state index in [9.17, 15) is 0 Å². The van der Waals surface area contributed by atoms with E-state index >= 15 is 0 Å². The molecule has 0 radical (unpaired) electrons. The highest BCUT2D eigenvalue weighted by Crippen LogP contribution is 2.42. The summed E-state index contributed by atoms with van der Waals surface area (Å²) in [6, 6.07) is 44.8. The van der Waals surface area contributed by atoms with Crippen LogP contribution in [0.25, 0.3) is 98.8 Å². The minimum Gasteiger partial charge on any atom is -0.455 e. The van der Waals surface area contributed by atoms with E-state index in [0.717, 1.165) is 55.1 Å². The van der Waals surface area contributed by atoms with E-state index in [1.807, 2.05) is 78.9 Å². The van der Waals surface area contributed by atoms with Gasteiger partial charge in [-0.2, -0.15) is 0 Å². The van der Waals surface area contributed by atoms with Crippen molar-refractivity contribution in [2.75, 3.05) is 0 Å². The molecule has 7 heteroatoms. The Balaban J connectivity index is 1.23. The van der Waals surface area contributed by atoms with Crippen LogP contribution in [0.15, 0.2) is 142 Å². The standard InChI is InChI=1S/C40H22N4O2S/c1-2-11-23(12-3-1)37-42-38(44-39(43-37)27-16-10-22-33-35(27)24-13-4-7-21-32(24)47-33)26-15-9-20-31-34(26)25-14-8-17-28(36(25)45-31)40-41-29-18-5-6-19-30(29)46-40/h1-22H. The van der Waals surface area contributed by atoms with Crippen LogP contribution in [-0.4, -0.2) is 19.9 Å². The molecule has 0 fully saturated rings. The Morgan fingerprint density at radius 1 is 0.426 bits per heavy atom. The average Bonchev–Trinajstić information content (AvgIpc) is 3.85. The van der Waals surface area contributed by atoms with Crippen molar-refractivity contribution in [1.82, 2.24) is 19.9 Å². The van der Waals surface area contributed by atoms with Gasteiger partial charge in [-0.25, -0.2) is 19.9 Å². The molecule has 0 N–H and O–H groups in total. The van der Waals surface area contributed by atoms with Gasteiger partial charge >= 0.3 is 0 Å². The number of fused-ring (bicyclic) bond motifs is 7. The normalized spacial score (nSPS) is 11.8. The van der Waals surface area contributed by atoms with Gasteiger partial charge in [-0.05, 0) is 36.4 Å². The van der Waals surface area contributed by atoms with Crippen LogP contribution in [0.3, 0.4) is 0 Å². The van der Waals surface area contributed by atoms with E-state index in [4.69, 9.17) is 28.8 Å². The maximum atomic E-state index is 6.55. The molecule has 6 nitrogen and oxygen atoms in total. The van der Waals surface area contributed by atoms with Crippen molar-refractivity contribution >= 4 is 64.5 Å². The quantitative estimate of drug-likeness (QED) is 0.194. The number of rotatable bonds is 4. The predicted octanol–water partition coefficient (Wildman–Crippen LogP) is 10.9. The third-order valence-electron chi connectivity index (χ3n) is 8.60. The van der Waals surface area contributed by atoms with Gasteiger partial charge in [-0.15, -0.1) is 11.3 Å². The minimum absolute atomic E-state index is 0.516. The van der Waals surface area contributed by atoms with Gasteiger partial charge < -0.3 is 8.83 Å². The van der Waals surface area contributed by atoms with E-state index < -0.39 is 0 Å². The number of para-hydroxylation sites is 3. The molecule has 4 aromatic heterocycles. The number of aromatic nitrogens is 4. The van der Waals surface area contributed by atoms with Crippen LogP contribution >= 0.6 is 11.3 Å². The highest BCUT2D eigenvalue weighted by Gasteiger charge is 2.22. The fourth-order valence-electron chi connectivity index (χ4n) is 6.48. The first-order chi connectivity index (χ1) is 23.3. The van der Waals surface area contributed by atoms with Gasteiger partial charge in [-0.3, -0.25) is 0 Å². The van der Waals surface area contributed by atoms with Crippen molar-refractivity contribution in [2.24, 2.45) is 0 Å². The first-order valence-electron chi connectivity index (χ1n) is 15.3. The van der Waals surface area contributed by atoms with Crippen LogP contribution in [0, 0.1) is 0 Å². The summed E-state index contributed by atoms with van der Waals surface area (Å²) in [6.07, 6.45) is 0. The first kappa shape index (κ1) is 26.1. The van der Waals surface area contributed by atoms with E-state index in [-0.39, 0.29) is 0 Å². The van der Waals surface area contributed by atoms with E-state index in [2.05, 4.69) is 54.6 Å². The highest BCUT2D eigenvalue weighted by atomic mass is 32.1. The predicted molar refractivity (Wildman–Crippen MR) is 189 cm³/mol. The van der Waals surface area contributed by atoms with Crippen LogP contribution in [0.4, 0.5) is 0 Å². The van der Waals surface area contributed by atoms with Crippen molar-refractivity contribution in [2.45, 2.75) is 0 Å². The Morgan fingerprint density at radius 3 is 1.94 bits per heavy atom. The van der Waals surface area contributed by atoms with Gasteiger partial charge in [0.15, 0.2) is 23.1 Å². The lowest BCUT2D eigenvalue weighted by Crippen LogP contribution is -2.00. The second-order valence-electron chi connectivity index (χ2n) is 11.4. The van der Waals surface area contributed by atoms with Crippen LogP contribution in [0.2, 0.25) is 0 Å². The van der Waals surface area contributed by atoms with E-state index in [0.29, 0.717) is 28.9 Å². The molecular weight excluding hydrogens is 601 g/mol. The molecule has 0 aliphatic rings. The summed E-state index contributed by atoms with van der Waals surface area (Å²) < 4.78 is 15.1. The average molecular weight is 623 g/mol. The van der Waals surface area contributed by atoms with Gasteiger partial charge in [0.1, 0.15) is 16.7 Å². The van der Waals surface area contributed by atoms with Gasteiger partial charge in [0.2, 0.25) is 5.89 Å². The van der Waals surface area contributed by atoms with Gasteiger partial charge in [0.25, 0.3) is 0 Å². The summed E-state index contributed by atoms with van der Waals surface area (Å²) in [4.78, 5) is 20.1. The largest absolute Gasteiger partial charge is 0.455 e. The van der Waals surface area contributed by atoms with Gasteiger partial charge in [0, 0.05) is 47.6 Å². The zero-order valence-electron chi connectivity index (χ0n) is 24.7. The molecule has 10 aromatic rings. The van der Waals surface area contributed by atoms with Crippen LogP contribution in [0.5, 0.6) is 0 Å². The SMILES string of the molecule is c1ccc(-c2nc(-c3cccc4oc5c(-c6nc7ccccc7o6)cccc5c34)nc(-c3cccc4sc5ccccc5c34)n2)cc1. The second kappa shape index (κ2) is 10.2. The molecule has 0 unspecified atom stereocenters. The second-order valence-corrected chi connectivity index (χ2v) is 12.5. The number of oxazole rings is 1. The molecular formula is C40H22N4O2S. The number of hydrogen-bond acceptors (Lipinski definition) is 7. The van der Waals surface area contributed by atoms with Crippen molar-refractivity contribution in [3.05, 3.63) is 133 Å². The van der Waals surface area contributed by atoms with Crippen LogP contribution < -0.4 is 0 Å². The molecule has 0 saturated heterocycles. The van der Waals surface area contributed by atoms with Crippen LogP contribution in [0.1, 0.15) is 0 Å². The molecule has 0 aliphatic heterocycles. The molecule has 0 atom stereocenters. The van der Waals surface area contributed by atoms with Crippen molar-refractivity contribution in [3.63, 3.8) is 0 Å². The van der Waals surface area contributed by atoms with E-state index in [1.165, 1.54) is 14.8 Å². The zero-order chi connectivity index (χ0) is 30.9. The summed E-state index contributed by atoms with van der Waals surface area (Å²) in [5, 5.41) is 4.21. The number of furan rings is 1. The van der Waals surface area contributed by atoms with E-state index in [1.54, 1.807) is 11.3 Å². The lowest BCUT2D eigenvalue weighted by molar-refractivity contribution is 0.615. The summed E-state index contributed by atoms with van der Waals surface area (Å²) in [7, 11) is 0. The van der Waals surface area contributed by atoms with Crippen molar-refractivity contribution < 1.29 is 8.83 Å². The minimum atomic E-state index is 0.516. The monoisotopic (exact) mass is 622 g/mol. The summed E-state index contributed by atoms with van der Waals surface area (Å²) in [5.74, 6) is 2.33. The third-order valence-corrected chi connectivity index (χ3v) is 9.73. The molecule has 6 aromatic carbocycles. The Morgan fingerprint density at radius 2 is 1.06 bits per heavy atom. The molecule has 0 aliphatic carbocycles. The Kier molecular flexibility index (Phi) is 5.64. The number of nitrogens with zero attached hydrogens (tertiary/aromatic N) is 4. The zero-order valence-corrected chi connectivity index (χ0v) is 25.5. The molecule has 4 heterocycles. The van der Waals surface area contributed by atoms with Gasteiger partial charge in [0.05, 0.1) is 5.56 Å². The number of hydrogen-bond donors (Lipinski definition) is 0. The highest BCUT2D eigenvalue weighted by molar-refractivity contribution is 7.25. The summed E-state index contributed by atoms with van der Waals surface area (Å²) in [5.41, 5.74) is 6.51. The summed E-state index contributed by atoms with van der Waals surface area (Å²) >= 11 is 1.78. The molecule has 10 rings (SSSR count).